The van der Waals surface area contributed by atoms with Crippen LogP contribution in [0.1, 0.15) is 5.69 Å². The van der Waals surface area contributed by atoms with Crippen LogP contribution in [-0.4, -0.2) is 14.6 Å². The van der Waals surface area contributed by atoms with Crippen LogP contribution in [0.15, 0.2) is 23.7 Å². The summed E-state index contributed by atoms with van der Waals surface area (Å²) in [7, 11) is 0. The number of nitrogens with zero attached hydrogens (tertiary/aromatic N) is 3. The van der Waals surface area contributed by atoms with Gasteiger partial charge in [0.05, 0.1) is 17.3 Å². The van der Waals surface area contributed by atoms with E-state index in [0.717, 1.165) is 11.5 Å². The van der Waals surface area contributed by atoms with Crippen LogP contribution < -0.4 is 5.32 Å². The zero-order chi connectivity index (χ0) is 9.80. The van der Waals surface area contributed by atoms with E-state index in [1.807, 2.05) is 11.4 Å². The summed E-state index contributed by atoms with van der Waals surface area (Å²) < 4.78 is 3.76. The fraction of sp³-hybridized carbons (Fsp3) is 0.125. The summed E-state index contributed by atoms with van der Waals surface area (Å²) in [6.45, 7) is 0.630. The maximum absolute atomic E-state index is 5.70. The predicted molar refractivity (Wildman–Crippen MR) is 56.5 cm³/mol. The van der Waals surface area contributed by atoms with Crippen molar-refractivity contribution in [3.05, 3.63) is 34.4 Å². The van der Waals surface area contributed by atoms with Gasteiger partial charge in [-0.3, -0.25) is 0 Å². The number of halogens is 1. The molecule has 0 spiro atoms. The highest BCUT2D eigenvalue weighted by molar-refractivity contribution is 7.03. The second kappa shape index (κ2) is 4.34. The van der Waals surface area contributed by atoms with Crippen LogP contribution in [0.4, 0.5) is 5.82 Å². The number of hydrogen-bond donors (Lipinski definition) is 1. The standard InChI is InChI=1S/C8H7ClN4S/c9-6-1-2-8(10-3-6)11-4-7-5-14-13-12-7/h1-3,5H,4H2,(H,10,11). The van der Waals surface area contributed by atoms with Gasteiger partial charge in [0, 0.05) is 11.6 Å². The Morgan fingerprint density at radius 1 is 1.43 bits per heavy atom. The SMILES string of the molecule is Clc1ccc(NCc2csnn2)nc1. The number of hydrogen-bond acceptors (Lipinski definition) is 5. The van der Waals surface area contributed by atoms with E-state index < -0.39 is 0 Å². The molecular formula is C8H7ClN4S. The van der Waals surface area contributed by atoms with Gasteiger partial charge < -0.3 is 5.32 Å². The van der Waals surface area contributed by atoms with Crippen molar-refractivity contribution in [1.82, 2.24) is 14.6 Å². The molecule has 0 radical (unpaired) electrons. The summed E-state index contributed by atoms with van der Waals surface area (Å²) in [6.07, 6.45) is 1.60. The maximum Gasteiger partial charge on any atom is 0.126 e. The van der Waals surface area contributed by atoms with Crippen LogP contribution in [0.3, 0.4) is 0 Å². The van der Waals surface area contributed by atoms with Gasteiger partial charge in [-0.2, -0.15) is 0 Å². The predicted octanol–water partition coefficient (Wildman–Crippen LogP) is 2.20. The molecule has 0 aromatic carbocycles. The average molecular weight is 227 g/mol. The quantitative estimate of drug-likeness (QED) is 0.872. The Bertz CT molecular complexity index is 386. The van der Waals surface area contributed by atoms with Crippen molar-refractivity contribution >= 4 is 29.0 Å². The Hall–Kier alpha value is -1.20. The number of nitrogens with one attached hydrogen (secondary N) is 1. The van der Waals surface area contributed by atoms with Crippen molar-refractivity contribution in [2.24, 2.45) is 0 Å². The van der Waals surface area contributed by atoms with Crippen LogP contribution in [0, 0.1) is 0 Å². The molecule has 4 nitrogen and oxygen atoms in total. The molecule has 2 aromatic rings. The normalized spacial score (nSPS) is 10.1. The molecule has 0 aliphatic rings. The summed E-state index contributed by atoms with van der Waals surface area (Å²) >= 11 is 7.03. The zero-order valence-electron chi connectivity index (χ0n) is 7.14. The Kier molecular flexibility index (Phi) is 2.90. The van der Waals surface area contributed by atoms with E-state index in [-0.39, 0.29) is 0 Å². The first-order valence-corrected chi connectivity index (χ1v) is 5.17. The average Bonchev–Trinajstić information content (AvgIpc) is 2.70. The minimum Gasteiger partial charge on any atom is -0.364 e. The zero-order valence-corrected chi connectivity index (χ0v) is 8.72. The molecule has 0 saturated carbocycles. The van der Waals surface area contributed by atoms with Crippen LogP contribution in [0.25, 0.3) is 0 Å². The van der Waals surface area contributed by atoms with Crippen LogP contribution in [0.2, 0.25) is 5.02 Å². The first-order valence-electron chi connectivity index (χ1n) is 3.96. The van der Waals surface area contributed by atoms with E-state index in [4.69, 9.17) is 11.6 Å². The Balaban J connectivity index is 1.95. The van der Waals surface area contributed by atoms with Crippen molar-refractivity contribution in [1.29, 1.82) is 0 Å². The first kappa shape index (κ1) is 9.36. The number of anilines is 1. The Morgan fingerprint density at radius 3 is 3.00 bits per heavy atom. The van der Waals surface area contributed by atoms with Crippen LogP contribution >= 0.6 is 23.1 Å². The number of pyridine rings is 1. The first-order chi connectivity index (χ1) is 6.84. The summed E-state index contributed by atoms with van der Waals surface area (Å²) in [5.74, 6) is 0.780. The van der Waals surface area contributed by atoms with E-state index in [0.29, 0.717) is 11.6 Å². The third-order valence-electron chi connectivity index (χ3n) is 1.58. The van der Waals surface area contributed by atoms with Crippen LogP contribution in [0.5, 0.6) is 0 Å². The second-order valence-corrected chi connectivity index (χ2v) is 3.66. The van der Waals surface area contributed by atoms with Gasteiger partial charge in [0.25, 0.3) is 0 Å². The minimum atomic E-state index is 0.630. The monoisotopic (exact) mass is 226 g/mol. The fourth-order valence-electron chi connectivity index (χ4n) is 0.923. The molecule has 2 rings (SSSR count). The second-order valence-electron chi connectivity index (χ2n) is 2.61. The topological polar surface area (TPSA) is 50.7 Å². The third kappa shape index (κ3) is 2.40. The molecule has 0 unspecified atom stereocenters. The van der Waals surface area contributed by atoms with Gasteiger partial charge in [0.2, 0.25) is 0 Å². The largest absolute Gasteiger partial charge is 0.364 e. The van der Waals surface area contributed by atoms with E-state index in [9.17, 15) is 0 Å². The smallest absolute Gasteiger partial charge is 0.126 e. The van der Waals surface area contributed by atoms with E-state index in [1.165, 1.54) is 11.5 Å². The molecule has 72 valence electrons. The number of rotatable bonds is 3. The lowest BCUT2D eigenvalue weighted by Crippen LogP contribution is -2.01. The van der Waals surface area contributed by atoms with Crippen molar-refractivity contribution in [2.75, 3.05) is 5.32 Å². The lowest BCUT2D eigenvalue weighted by molar-refractivity contribution is 0.989. The van der Waals surface area contributed by atoms with Gasteiger partial charge in [-0.1, -0.05) is 16.1 Å². The van der Waals surface area contributed by atoms with Gasteiger partial charge in [0.1, 0.15) is 5.82 Å². The van der Waals surface area contributed by atoms with Gasteiger partial charge in [-0.25, -0.2) is 4.98 Å². The third-order valence-corrected chi connectivity index (χ3v) is 2.36. The van der Waals surface area contributed by atoms with Crippen molar-refractivity contribution < 1.29 is 0 Å². The molecule has 0 aliphatic carbocycles. The molecule has 1 N–H and O–H groups in total. The lowest BCUT2D eigenvalue weighted by atomic mass is 10.4. The highest BCUT2D eigenvalue weighted by atomic mass is 35.5. The minimum absolute atomic E-state index is 0.630. The maximum atomic E-state index is 5.70. The molecule has 6 heteroatoms. The number of aromatic nitrogens is 3. The molecule has 2 aromatic heterocycles. The summed E-state index contributed by atoms with van der Waals surface area (Å²) in [5, 5.41) is 9.53. The van der Waals surface area contributed by atoms with Gasteiger partial charge in [-0.15, -0.1) is 5.10 Å². The Labute approximate surface area is 90.1 Å². The molecule has 14 heavy (non-hydrogen) atoms. The van der Waals surface area contributed by atoms with Gasteiger partial charge >= 0.3 is 0 Å². The lowest BCUT2D eigenvalue weighted by Gasteiger charge is -2.01. The highest BCUT2D eigenvalue weighted by Gasteiger charge is 1.97. The van der Waals surface area contributed by atoms with Crippen molar-refractivity contribution in [2.45, 2.75) is 6.54 Å². The summed E-state index contributed by atoms with van der Waals surface area (Å²) in [5.41, 5.74) is 0.909. The molecule has 0 saturated heterocycles. The molecule has 2 heterocycles. The fourth-order valence-corrected chi connectivity index (χ4v) is 1.49. The molecular weight excluding hydrogens is 220 g/mol. The molecule has 0 aliphatic heterocycles. The molecule has 0 atom stereocenters. The van der Waals surface area contributed by atoms with Crippen molar-refractivity contribution in [3.63, 3.8) is 0 Å². The highest BCUT2D eigenvalue weighted by Crippen LogP contribution is 2.10. The van der Waals surface area contributed by atoms with E-state index in [1.54, 1.807) is 12.3 Å². The summed E-state index contributed by atoms with van der Waals surface area (Å²) in [4.78, 5) is 4.09. The van der Waals surface area contributed by atoms with E-state index >= 15 is 0 Å². The Morgan fingerprint density at radius 2 is 2.36 bits per heavy atom. The van der Waals surface area contributed by atoms with Gasteiger partial charge in [0.15, 0.2) is 0 Å². The van der Waals surface area contributed by atoms with Crippen LogP contribution in [-0.2, 0) is 6.54 Å². The summed E-state index contributed by atoms with van der Waals surface area (Å²) in [6, 6.07) is 3.61. The molecule has 0 bridgehead atoms. The van der Waals surface area contributed by atoms with E-state index in [2.05, 4.69) is 19.9 Å². The van der Waals surface area contributed by atoms with Gasteiger partial charge in [-0.05, 0) is 23.7 Å². The molecule has 0 amide bonds. The van der Waals surface area contributed by atoms with Crippen molar-refractivity contribution in [3.8, 4) is 0 Å². The molecule has 0 fully saturated rings.